The molecule has 0 saturated carbocycles. The van der Waals surface area contributed by atoms with E-state index in [1.807, 2.05) is 0 Å². The first-order valence-electron chi connectivity index (χ1n) is 4.68. The van der Waals surface area contributed by atoms with Crippen LogP contribution in [0.1, 0.15) is 21.5 Å². The molecule has 96 valence electrons. The number of methoxy groups -OCH3 is 1. The molecule has 0 radical (unpaired) electrons. The molecule has 0 spiro atoms. The van der Waals surface area contributed by atoms with Crippen molar-refractivity contribution in [1.29, 1.82) is 5.26 Å². The van der Waals surface area contributed by atoms with E-state index in [2.05, 4.69) is 4.74 Å². The zero-order chi connectivity index (χ0) is 13.9. The minimum absolute atomic E-state index is 0.130. The van der Waals surface area contributed by atoms with Crippen molar-refractivity contribution in [1.82, 2.24) is 0 Å². The molecule has 0 unspecified atom stereocenters. The first-order chi connectivity index (χ1) is 8.30. The largest absolute Gasteiger partial charge is 0.465 e. The third kappa shape index (κ3) is 3.17. The number of esters is 1. The van der Waals surface area contributed by atoms with Crippen LogP contribution in [0.25, 0.3) is 0 Å². The van der Waals surface area contributed by atoms with Crippen LogP contribution in [0.4, 0.5) is 13.2 Å². The molecule has 0 amide bonds. The molecule has 0 atom stereocenters. The van der Waals surface area contributed by atoms with Crippen LogP contribution in [0.3, 0.4) is 0 Å². The molecular weight excluding hydrogens is 267 g/mol. The summed E-state index contributed by atoms with van der Waals surface area (Å²) in [4.78, 5) is 11.2. The molecule has 1 aromatic carbocycles. The van der Waals surface area contributed by atoms with Crippen molar-refractivity contribution >= 4 is 17.7 Å². The SMILES string of the molecule is COC(=O)c1c(C)ccc(SC(F)(F)F)c1C#N. The molecule has 0 saturated heterocycles. The zero-order valence-corrected chi connectivity index (χ0v) is 10.3. The minimum atomic E-state index is -4.52. The van der Waals surface area contributed by atoms with Crippen LogP contribution in [0, 0.1) is 18.3 Å². The fraction of sp³-hybridized carbons (Fsp3) is 0.273. The predicted molar refractivity (Wildman–Crippen MR) is 59.1 cm³/mol. The highest BCUT2D eigenvalue weighted by Crippen LogP contribution is 2.39. The van der Waals surface area contributed by atoms with Crippen molar-refractivity contribution in [2.45, 2.75) is 17.3 Å². The highest BCUT2D eigenvalue weighted by Gasteiger charge is 2.32. The maximum Gasteiger partial charge on any atom is 0.446 e. The Hall–Kier alpha value is -1.68. The Labute approximate surface area is 106 Å². The Morgan fingerprint density at radius 2 is 2.06 bits per heavy atom. The number of carbonyl (C=O) groups is 1. The second-order valence-corrected chi connectivity index (χ2v) is 4.39. The van der Waals surface area contributed by atoms with E-state index in [-0.39, 0.29) is 16.0 Å². The summed E-state index contributed by atoms with van der Waals surface area (Å²) in [5.74, 6) is -0.825. The number of aryl methyl sites for hydroxylation is 1. The Bertz CT molecular complexity index is 520. The molecule has 0 heterocycles. The Kier molecular flexibility index (Phi) is 4.24. The van der Waals surface area contributed by atoms with E-state index in [1.165, 1.54) is 19.1 Å². The van der Waals surface area contributed by atoms with Crippen molar-refractivity contribution in [2.24, 2.45) is 0 Å². The van der Waals surface area contributed by atoms with E-state index in [4.69, 9.17) is 5.26 Å². The van der Waals surface area contributed by atoms with Gasteiger partial charge in [0, 0.05) is 4.90 Å². The summed E-state index contributed by atoms with van der Waals surface area (Å²) < 4.78 is 41.4. The van der Waals surface area contributed by atoms with Gasteiger partial charge in [-0.3, -0.25) is 0 Å². The molecule has 0 N–H and O–H groups in total. The lowest BCUT2D eigenvalue weighted by Crippen LogP contribution is -2.09. The lowest BCUT2D eigenvalue weighted by Gasteiger charge is -2.11. The predicted octanol–water partition coefficient (Wildman–Crippen LogP) is 3.27. The quantitative estimate of drug-likeness (QED) is 0.614. The average molecular weight is 275 g/mol. The van der Waals surface area contributed by atoms with Gasteiger partial charge in [-0.1, -0.05) is 6.07 Å². The summed E-state index contributed by atoms with van der Waals surface area (Å²) in [6.45, 7) is 1.52. The van der Waals surface area contributed by atoms with Crippen LogP contribution in [0.2, 0.25) is 0 Å². The van der Waals surface area contributed by atoms with Gasteiger partial charge in [0.05, 0.1) is 18.2 Å². The molecule has 0 aromatic heterocycles. The van der Waals surface area contributed by atoms with Crippen LogP contribution in [-0.4, -0.2) is 18.6 Å². The molecular formula is C11H8F3NO2S. The molecule has 0 bridgehead atoms. The summed E-state index contributed by atoms with van der Waals surface area (Å²) in [6.07, 6.45) is 0. The number of benzene rings is 1. The number of ether oxygens (including phenoxy) is 1. The second kappa shape index (κ2) is 5.31. The number of nitrogens with zero attached hydrogens (tertiary/aromatic N) is 1. The number of nitriles is 1. The number of hydrogen-bond donors (Lipinski definition) is 0. The molecule has 1 aromatic rings. The van der Waals surface area contributed by atoms with Gasteiger partial charge in [0.1, 0.15) is 6.07 Å². The summed E-state index contributed by atoms with van der Waals surface area (Å²) in [7, 11) is 1.10. The second-order valence-electron chi connectivity index (χ2n) is 3.28. The zero-order valence-electron chi connectivity index (χ0n) is 9.46. The van der Waals surface area contributed by atoms with Crippen LogP contribution >= 0.6 is 11.8 Å². The van der Waals surface area contributed by atoms with Gasteiger partial charge in [0.25, 0.3) is 0 Å². The van der Waals surface area contributed by atoms with Crippen LogP contribution in [0.5, 0.6) is 0 Å². The van der Waals surface area contributed by atoms with Gasteiger partial charge in [-0.05, 0) is 30.3 Å². The van der Waals surface area contributed by atoms with Crippen LogP contribution in [0.15, 0.2) is 17.0 Å². The molecule has 0 aliphatic heterocycles. The first kappa shape index (κ1) is 14.4. The average Bonchev–Trinajstić information content (AvgIpc) is 2.28. The van der Waals surface area contributed by atoms with Gasteiger partial charge < -0.3 is 4.74 Å². The van der Waals surface area contributed by atoms with E-state index in [1.54, 1.807) is 6.07 Å². The highest BCUT2D eigenvalue weighted by atomic mass is 32.2. The van der Waals surface area contributed by atoms with Crippen molar-refractivity contribution in [3.05, 3.63) is 28.8 Å². The number of alkyl halides is 3. The minimum Gasteiger partial charge on any atom is -0.465 e. The number of thioether (sulfide) groups is 1. The maximum absolute atomic E-state index is 12.3. The summed E-state index contributed by atoms with van der Waals surface area (Å²) in [5, 5.41) is 8.93. The Balaban J connectivity index is 3.40. The van der Waals surface area contributed by atoms with Gasteiger partial charge in [-0.25, -0.2) is 4.79 Å². The third-order valence-corrected chi connectivity index (χ3v) is 2.89. The van der Waals surface area contributed by atoms with Crippen molar-refractivity contribution in [3.8, 4) is 6.07 Å². The smallest absolute Gasteiger partial charge is 0.446 e. The first-order valence-corrected chi connectivity index (χ1v) is 5.49. The molecule has 3 nitrogen and oxygen atoms in total. The van der Waals surface area contributed by atoms with E-state index in [0.717, 1.165) is 7.11 Å². The summed E-state index contributed by atoms with van der Waals surface area (Å²) in [6, 6.07) is 4.13. The molecule has 0 aliphatic rings. The van der Waals surface area contributed by atoms with E-state index >= 15 is 0 Å². The van der Waals surface area contributed by atoms with Gasteiger partial charge in [0.2, 0.25) is 0 Å². The van der Waals surface area contributed by atoms with E-state index in [0.29, 0.717) is 5.56 Å². The molecule has 7 heteroatoms. The molecule has 1 rings (SSSR count). The van der Waals surface area contributed by atoms with Crippen molar-refractivity contribution < 1.29 is 22.7 Å². The number of halogens is 3. The fourth-order valence-electron chi connectivity index (χ4n) is 1.37. The lowest BCUT2D eigenvalue weighted by molar-refractivity contribution is -0.0328. The number of carbonyl (C=O) groups excluding carboxylic acids is 1. The standard InChI is InChI=1S/C11H8F3NO2S/c1-6-3-4-8(18-11(12,13)14)7(5-15)9(6)10(16)17-2/h3-4H,1-2H3. The van der Waals surface area contributed by atoms with Gasteiger partial charge >= 0.3 is 11.5 Å². The summed E-state index contributed by atoms with van der Waals surface area (Å²) >= 11 is -0.428. The normalized spacial score (nSPS) is 10.9. The fourth-order valence-corrected chi connectivity index (χ4v) is 2.01. The number of hydrogen-bond acceptors (Lipinski definition) is 4. The third-order valence-electron chi connectivity index (χ3n) is 2.10. The number of rotatable bonds is 2. The maximum atomic E-state index is 12.3. The Morgan fingerprint density at radius 3 is 2.50 bits per heavy atom. The molecule has 0 fully saturated rings. The highest BCUT2D eigenvalue weighted by molar-refractivity contribution is 8.00. The van der Waals surface area contributed by atoms with Crippen molar-refractivity contribution in [3.63, 3.8) is 0 Å². The van der Waals surface area contributed by atoms with Crippen molar-refractivity contribution in [2.75, 3.05) is 7.11 Å². The lowest BCUT2D eigenvalue weighted by atomic mass is 10.0. The van der Waals surface area contributed by atoms with E-state index in [9.17, 15) is 18.0 Å². The van der Waals surface area contributed by atoms with E-state index < -0.39 is 23.2 Å². The molecule has 0 aliphatic carbocycles. The Morgan fingerprint density at radius 1 is 1.44 bits per heavy atom. The molecule has 18 heavy (non-hydrogen) atoms. The van der Waals surface area contributed by atoms with Gasteiger partial charge in [-0.15, -0.1) is 0 Å². The monoisotopic (exact) mass is 275 g/mol. The van der Waals surface area contributed by atoms with Gasteiger partial charge in [0.15, 0.2) is 0 Å². The van der Waals surface area contributed by atoms with Gasteiger partial charge in [-0.2, -0.15) is 18.4 Å². The summed E-state index contributed by atoms with van der Waals surface area (Å²) in [5.41, 5.74) is -4.57. The van der Waals surface area contributed by atoms with Crippen LogP contribution in [-0.2, 0) is 4.74 Å². The topological polar surface area (TPSA) is 50.1 Å². The van der Waals surface area contributed by atoms with Crippen LogP contribution < -0.4 is 0 Å².